The first kappa shape index (κ1) is 19.8. The van der Waals surface area contributed by atoms with E-state index in [0.29, 0.717) is 22.3 Å². The number of aliphatic hydroxyl groups is 1. The number of carbonyl (C=O) groups is 1. The maximum atomic E-state index is 12.8. The van der Waals surface area contributed by atoms with Crippen LogP contribution in [0.4, 0.5) is 5.69 Å². The molecule has 0 saturated carbocycles. The molecule has 0 bridgehead atoms. The molecule has 1 N–H and O–H groups in total. The molecule has 0 radical (unpaired) electrons. The highest BCUT2D eigenvalue weighted by atomic mass is 79.9. The normalized spacial score (nSPS) is 20.4. The molecule has 1 heterocycles. The number of rotatable bonds is 7. The van der Waals surface area contributed by atoms with Gasteiger partial charge < -0.3 is 9.84 Å². The Morgan fingerprint density at radius 1 is 1.38 bits per heavy atom. The Labute approximate surface area is 161 Å². The van der Waals surface area contributed by atoms with E-state index in [2.05, 4.69) is 58.1 Å². The summed E-state index contributed by atoms with van der Waals surface area (Å²) in [7, 11) is -1.19. The maximum absolute atomic E-state index is 12.8. The van der Waals surface area contributed by atoms with Crippen LogP contribution in [-0.2, 0) is 15.1 Å². The minimum Gasteiger partial charge on any atom is -0.375 e. The quantitative estimate of drug-likeness (QED) is 0.354. The monoisotopic (exact) mass is 475 g/mol. The van der Waals surface area contributed by atoms with E-state index in [0.717, 1.165) is 10.5 Å². The van der Waals surface area contributed by atoms with Gasteiger partial charge in [-0.2, -0.15) is 0 Å². The second kappa shape index (κ2) is 7.41. The number of halogens is 2. The van der Waals surface area contributed by atoms with Crippen LogP contribution >= 0.6 is 31.9 Å². The fraction of sp³-hybridized carbons (Fsp3) is 0.471. The Balaban J connectivity index is 2.28. The fourth-order valence-corrected chi connectivity index (χ4v) is 4.97. The number of ether oxygens (including phenoxy) is 1. The number of carbonyl (C=O) groups excluding carboxylic acids is 1. The predicted molar refractivity (Wildman–Crippen MR) is 107 cm³/mol. The van der Waals surface area contributed by atoms with Crippen LogP contribution in [0.1, 0.15) is 12.0 Å². The van der Waals surface area contributed by atoms with Crippen LogP contribution in [0.5, 0.6) is 0 Å². The molecule has 1 aliphatic heterocycles. The minimum atomic E-state index is -1.60. The molecule has 0 saturated heterocycles. The van der Waals surface area contributed by atoms with Crippen molar-refractivity contribution in [3.05, 3.63) is 39.3 Å². The Hall–Kier alpha value is -0.473. The first-order valence-electron chi connectivity index (χ1n) is 7.82. The number of hydrogen-bond donors (Lipinski definition) is 1. The molecule has 7 heteroatoms. The molecule has 1 atom stereocenters. The zero-order valence-electron chi connectivity index (χ0n) is 14.2. The number of hydrogen-bond acceptors (Lipinski definition) is 3. The Kier molecular flexibility index (Phi) is 6.13. The second-order valence-electron chi connectivity index (χ2n) is 7.22. The van der Waals surface area contributed by atoms with Crippen LogP contribution < -0.4 is 4.90 Å². The SMILES string of the molecule is C=CCC1(O)C(=O)N(COCC[Si](C)(C)C)c2cc(Br)cc(Br)c21. The summed E-state index contributed by atoms with van der Waals surface area (Å²) in [5.41, 5.74) is -0.360. The fourth-order valence-electron chi connectivity index (χ4n) is 2.68. The molecule has 0 fully saturated rings. The van der Waals surface area contributed by atoms with Crippen molar-refractivity contribution >= 4 is 51.5 Å². The summed E-state index contributed by atoms with van der Waals surface area (Å²) < 4.78 is 7.26. The van der Waals surface area contributed by atoms with Gasteiger partial charge in [0.1, 0.15) is 6.73 Å². The van der Waals surface area contributed by atoms with Gasteiger partial charge in [0.15, 0.2) is 5.60 Å². The smallest absolute Gasteiger partial charge is 0.265 e. The van der Waals surface area contributed by atoms with E-state index in [4.69, 9.17) is 4.74 Å². The molecule has 4 nitrogen and oxygen atoms in total. The maximum Gasteiger partial charge on any atom is 0.265 e. The Morgan fingerprint density at radius 3 is 2.62 bits per heavy atom. The first-order chi connectivity index (χ1) is 11.1. The van der Waals surface area contributed by atoms with Crippen LogP contribution in [-0.4, -0.2) is 32.4 Å². The summed E-state index contributed by atoms with van der Waals surface area (Å²) in [6.45, 7) is 11.3. The molecular weight excluding hydrogens is 454 g/mol. The molecule has 1 aromatic carbocycles. The minimum absolute atomic E-state index is 0.138. The van der Waals surface area contributed by atoms with Crippen LogP contribution in [0.2, 0.25) is 25.7 Å². The summed E-state index contributed by atoms with van der Waals surface area (Å²) in [6, 6.07) is 4.69. The van der Waals surface area contributed by atoms with E-state index in [-0.39, 0.29) is 19.1 Å². The molecule has 1 aromatic rings. The highest BCUT2D eigenvalue weighted by Crippen LogP contribution is 2.47. The highest BCUT2D eigenvalue weighted by molar-refractivity contribution is 9.11. The third kappa shape index (κ3) is 4.02. The lowest BCUT2D eigenvalue weighted by atomic mass is 9.92. The number of benzene rings is 1. The average molecular weight is 477 g/mol. The zero-order chi connectivity index (χ0) is 18.1. The molecular formula is C17H23Br2NO3Si. The van der Waals surface area contributed by atoms with Crippen molar-refractivity contribution in [2.45, 2.75) is 37.7 Å². The lowest BCUT2D eigenvalue weighted by Crippen LogP contribution is -2.41. The summed E-state index contributed by atoms with van der Waals surface area (Å²) in [5.74, 6) is -0.371. The zero-order valence-corrected chi connectivity index (χ0v) is 18.4. The number of nitrogens with zero attached hydrogens (tertiary/aromatic N) is 1. The van der Waals surface area contributed by atoms with Crippen molar-refractivity contribution in [3.63, 3.8) is 0 Å². The van der Waals surface area contributed by atoms with Gasteiger partial charge in [0, 0.05) is 35.6 Å². The van der Waals surface area contributed by atoms with Crippen LogP contribution in [0.15, 0.2) is 33.7 Å². The topological polar surface area (TPSA) is 49.8 Å². The highest BCUT2D eigenvalue weighted by Gasteiger charge is 2.50. The molecule has 24 heavy (non-hydrogen) atoms. The van der Waals surface area contributed by atoms with Gasteiger partial charge in [0.25, 0.3) is 5.91 Å². The van der Waals surface area contributed by atoms with Gasteiger partial charge in [0.05, 0.1) is 5.69 Å². The molecule has 1 amide bonds. The standard InChI is InChI=1S/C17H23Br2NO3Si/c1-5-6-17(22)15-13(19)9-12(18)10-14(15)20(16(17)21)11-23-7-8-24(2,3)4/h5,9-10,22H,1,6-8,11H2,2-4H3. The van der Waals surface area contributed by atoms with Gasteiger partial charge in [-0.1, -0.05) is 57.6 Å². The predicted octanol–water partition coefficient (Wildman–Crippen LogP) is 4.63. The van der Waals surface area contributed by atoms with Gasteiger partial charge in [-0.25, -0.2) is 0 Å². The van der Waals surface area contributed by atoms with Crippen molar-refractivity contribution in [1.29, 1.82) is 0 Å². The van der Waals surface area contributed by atoms with E-state index in [9.17, 15) is 9.90 Å². The summed E-state index contributed by atoms with van der Waals surface area (Å²) >= 11 is 6.91. The van der Waals surface area contributed by atoms with Crippen LogP contribution in [0, 0.1) is 0 Å². The summed E-state index contributed by atoms with van der Waals surface area (Å²) in [5, 5.41) is 11.0. The van der Waals surface area contributed by atoms with Gasteiger partial charge in [-0.05, 0) is 18.2 Å². The number of amides is 1. The van der Waals surface area contributed by atoms with Crippen molar-refractivity contribution < 1.29 is 14.6 Å². The Bertz CT molecular complexity index is 660. The van der Waals surface area contributed by atoms with Gasteiger partial charge in [0.2, 0.25) is 0 Å². The van der Waals surface area contributed by atoms with E-state index < -0.39 is 13.7 Å². The van der Waals surface area contributed by atoms with Gasteiger partial charge in [-0.15, -0.1) is 6.58 Å². The second-order valence-corrected chi connectivity index (χ2v) is 14.6. The van der Waals surface area contributed by atoms with Crippen molar-refractivity contribution in [2.24, 2.45) is 0 Å². The van der Waals surface area contributed by atoms with Crippen LogP contribution in [0.3, 0.4) is 0 Å². The van der Waals surface area contributed by atoms with E-state index in [1.54, 1.807) is 6.08 Å². The molecule has 132 valence electrons. The average Bonchev–Trinajstić information content (AvgIpc) is 2.64. The van der Waals surface area contributed by atoms with Crippen LogP contribution in [0.25, 0.3) is 0 Å². The lowest BCUT2D eigenvalue weighted by molar-refractivity contribution is -0.136. The number of fused-ring (bicyclic) bond motifs is 1. The van der Waals surface area contributed by atoms with E-state index in [1.807, 2.05) is 12.1 Å². The van der Waals surface area contributed by atoms with E-state index >= 15 is 0 Å². The molecule has 0 spiro atoms. The van der Waals surface area contributed by atoms with Gasteiger partial charge in [-0.3, -0.25) is 9.69 Å². The molecule has 0 aromatic heterocycles. The molecule has 0 aliphatic carbocycles. The van der Waals surface area contributed by atoms with Crippen molar-refractivity contribution in [2.75, 3.05) is 18.2 Å². The van der Waals surface area contributed by atoms with E-state index in [1.165, 1.54) is 4.90 Å². The third-order valence-electron chi connectivity index (χ3n) is 3.99. The molecule has 1 aliphatic rings. The Morgan fingerprint density at radius 2 is 2.04 bits per heavy atom. The molecule has 1 unspecified atom stereocenters. The van der Waals surface area contributed by atoms with Crippen molar-refractivity contribution in [3.8, 4) is 0 Å². The summed E-state index contributed by atoms with van der Waals surface area (Å²) in [4.78, 5) is 14.4. The largest absolute Gasteiger partial charge is 0.375 e. The van der Waals surface area contributed by atoms with Crippen molar-refractivity contribution in [1.82, 2.24) is 0 Å². The van der Waals surface area contributed by atoms with Gasteiger partial charge >= 0.3 is 0 Å². The summed E-state index contributed by atoms with van der Waals surface area (Å²) in [6.07, 6.45) is 1.72. The lowest BCUT2D eigenvalue weighted by Gasteiger charge is -2.23. The third-order valence-corrected chi connectivity index (χ3v) is 6.78. The number of anilines is 1. The first-order valence-corrected chi connectivity index (χ1v) is 13.1. The molecule has 2 rings (SSSR count).